The molecule has 0 bridgehead atoms. The highest BCUT2D eigenvalue weighted by Gasteiger charge is 2.25. The number of aromatic nitrogens is 3. The Morgan fingerprint density at radius 3 is 2.48 bits per heavy atom. The van der Waals surface area contributed by atoms with Crippen molar-refractivity contribution in [3.8, 4) is 0 Å². The average molecular weight is 309 g/mol. The number of piperidine rings is 1. The van der Waals surface area contributed by atoms with E-state index in [0.29, 0.717) is 6.04 Å². The number of H-pyrrole nitrogens is 1. The predicted molar refractivity (Wildman–Crippen MR) is 88.4 cm³/mol. The normalized spacial score (nSPS) is 21.6. The number of nitrogens with zero attached hydrogens (tertiary/aromatic N) is 4. The molecule has 0 aliphatic carbocycles. The van der Waals surface area contributed by atoms with Gasteiger partial charge in [-0.1, -0.05) is 0 Å². The molecule has 2 aliphatic rings. The highest BCUT2D eigenvalue weighted by atomic mass is 32.1. The van der Waals surface area contributed by atoms with Crippen molar-refractivity contribution < 1.29 is 0 Å². The van der Waals surface area contributed by atoms with E-state index in [1.54, 1.807) is 0 Å². The van der Waals surface area contributed by atoms with Crippen LogP contribution in [0.2, 0.25) is 0 Å². The molecule has 3 rings (SSSR count). The minimum atomic E-state index is 0.355. The molecular weight excluding hydrogens is 282 g/mol. The van der Waals surface area contributed by atoms with Gasteiger partial charge in [-0.2, -0.15) is 0 Å². The number of aromatic amines is 1. The van der Waals surface area contributed by atoms with Gasteiger partial charge in [0.25, 0.3) is 0 Å². The molecule has 1 aromatic rings. The van der Waals surface area contributed by atoms with Gasteiger partial charge in [0.05, 0.1) is 0 Å². The molecule has 3 heterocycles. The summed E-state index contributed by atoms with van der Waals surface area (Å²) in [5.41, 5.74) is 0. The zero-order chi connectivity index (χ0) is 14.8. The van der Waals surface area contributed by atoms with E-state index in [1.807, 2.05) is 0 Å². The van der Waals surface area contributed by atoms with Crippen molar-refractivity contribution in [2.24, 2.45) is 5.92 Å². The summed E-state index contributed by atoms with van der Waals surface area (Å²) in [5.74, 6) is 1.88. The number of nitrogens with one attached hydrogen (secondary N) is 1. The standard InChI is InChI=1S/C15H27N5S/c1-12(2)20-14(16-17-15(20)21)19-9-5-13(6-10-19)11-18-7-3-4-8-18/h12-13H,3-11H2,1-2H3,(H,17,21). The molecule has 1 N–H and O–H groups in total. The van der Waals surface area contributed by atoms with Gasteiger partial charge in [-0.05, 0) is 70.8 Å². The Hall–Kier alpha value is -0.880. The molecule has 118 valence electrons. The number of rotatable bonds is 4. The Morgan fingerprint density at radius 2 is 1.86 bits per heavy atom. The molecule has 1 aromatic heterocycles. The van der Waals surface area contributed by atoms with Crippen LogP contribution < -0.4 is 4.90 Å². The van der Waals surface area contributed by atoms with Crippen LogP contribution in [0.4, 0.5) is 5.95 Å². The van der Waals surface area contributed by atoms with E-state index < -0.39 is 0 Å². The van der Waals surface area contributed by atoms with Crippen LogP contribution in [0.3, 0.4) is 0 Å². The monoisotopic (exact) mass is 309 g/mol. The van der Waals surface area contributed by atoms with E-state index >= 15 is 0 Å². The van der Waals surface area contributed by atoms with Crippen molar-refractivity contribution in [3.63, 3.8) is 0 Å². The van der Waals surface area contributed by atoms with Crippen LogP contribution in [0.1, 0.15) is 45.6 Å². The first-order valence-electron chi connectivity index (χ1n) is 8.29. The third-order valence-corrected chi connectivity index (χ3v) is 5.10. The maximum Gasteiger partial charge on any atom is 0.225 e. The lowest BCUT2D eigenvalue weighted by molar-refractivity contribution is 0.248. The van der Waals surface area contributed by atoms with Crippen molar-refractivity contribution in [3.05, 3.63) is 4.77 Å². The summed E-state index contributed by atoms with van der Waals surface area (Å²) in [6, 6.07) is 0.355. The first-order chi connectivity index (χ1) is 10.1. The molecule has 5 nitrogen and oxygen atoms in total. The summed E-state index contributed by atoms with van der Waals surface area (Å²) in [7, 11) is 0. The van der Waals surface area contributed by atoms with Gasteiger partial charge >= 0.3 is 0 Å². The predicted octanol–water partition coefficient (Wildman–Crippen LogP) is 2.83. The van der Waals surface area contributed by atoms with Crippen LogP contribution >= 0.6 is 12.2 Å². The van der Waals surface area contributed by atoms with Crippen molar-refractivity contribution in [2.75, 3.05) is 37.6 Å². The second kappa shape index (κ2) is 6.48. The molecule has 0 saturated carbocycles. The number of hydrogen-bond donors (Lipinski definition) is 1. The fraction of sp³-hybridized carbons (Fsp3) is 0.867. The quantitative estimate of drug-likeness (QED) is 0.868. The third kappa shape index (κ3) is 3.31. The minimum absolute atomic E-state index is 0.355. The van der Waals surface area contributed by atoms with Gasteiger partial charge in [-0.3, -0.25) is 4.57 Å². The van der Waals surface area contributed by atoms with Gasteiger partial charge in [-0.15, -0.1) is 5.10 Å². The highest BCUT2D eigenvalue weighted by Crippen LogP contribution is 2.25. The van der Waals surface area contributed by atoms with Crippen molar-refractivity contribution in [2.45, 2.75) is 45.6 Å². The van der Waals surface area contributed by atoms with Gasteiger partial charge in [0, 0.05) is 25.7 Å². The molecule has 2 saturated heterocycles. The summed E-state index contributed by atoms with van der Waals surface area (Å²) in [5, 5.41) is 7.40. The lowest BCUT2D eigenvalue weighted by atomic mass is 9.96. The van der Waals surface area contributed by atoms with E-state index in [1.165, 1.54) is 45.3 Å². The van der Waals surface area contributed by atoms with E-state index in [-0.39, 0.29) is 0 Å². The van der Waals surface area contributed by atoms with Crippen LogP contribution in [0.25, 0.3) is 0 Å². The molecule has 0 aromatic carbocycles. The maximum atomic E-state index is 5.35. The van der Waals surface area contributed by atoms with Crippen LogP contribution in [-0.4, -0.2) is 52.4 Å². The maximum absolute atomic E-state index is 5.35. The van der Waals surface area contributed by atoms with Gasteiger partial charge in [-0.25, -0.2) is 5.10 Å². The fourth-order valence-electron chi connectivity index (χ4n) is 3.63. The van der Waals surface area contributed by atoms with E-state index in [2.05, 4.69) is 38.4 Å². The molecular formula is C15H27N5S. The van der Waals surface area contributed by atoms with Crippen LogP contribution in [-0.2, 0) is 0 Å². The summed E-state index contributed by atoms with van der Waals surface area (Å²) < 4.78 is 2.87. The van der Waals surface area contributed by atoms with Gasteiger partial charge in [0.15, 0.2) is 4.77 Å². The number of likely N-dealkylation sites (tertiary alicyclic amines) is 1. The summed E-state index contributed by atoms with van der Waals surface area (Å²) in [6.45, 7) is 10.4. The lowest BCUT2D eigenvalue weighted by Crippen LogP contribution is -2.39. The topological polar surface area (TPSA) is 40.1 Å². The molecule has 0 atom stereocenters. The summed E-state index contributed by atoms with van der Waals surface area (Å²) >= 11 is 5.35. The van der Waals surface area contributed by atoms with E-state index in [4.69, 9.17) is 12.2 Å². The fourth-order valence-corrected chi connectivity index (χ4v) is 3.97. The largest absolute Gasteiger partial charge is 0.341 e. The molecule has 0 spiro atoms. The SMILES string of the molecule is CC(C)n1c(N2CCC(CN3CCCC3)CC2)n[nH]c1=S. The van der Waals surface area contributed by atoms with Crippen LogP contribution in [0, 0.1) is 10.7 Å². The average Bonchev–Trinajstić information content (AvgIpc) is 3.09. The van der Waals surface area contributed by atoms with Crippen molar-refractivity contribution in [1.82, 2.24) is 19.7 Å². The van der Waals surface area contributed by atoms with Crippen molar-refractivity contribution in [1.29, 1.82) is 0 Å². The first kappa shape index (κ1) is 15.0. The second-order valence-electron chi connectivity index (χ2n) is 6.73. The van der Waals surface area contributed by atoms with E-state index in [9.17, 15) is 0 Å². The Morgan fingerprint density at radius 1 is 1.19 bits per heavy atom. The van der Waals surface area contributed by atoms with E-state index in [0.717, 1.165) is 29.7 Å². The molecule has 21 heavy (non-hydrogen) atoms. The lowest BCUT2D eigenvalue weighted by Gasteiger charge is -2.34. The molecule has 2 aliphatic heterocycles. The molecule has 0 unspecified atom stereocenters. The Balaban J connectivity index is 1.59. The van der Waals surface area contributed by atoms with Gasteiger partial charge in [0.1, 0.15) is 0 Å². The first-order valence-corrected chi connectivity index (χ1v) is 8.70. The molecule has 0 amide bonds. The second-order valence-corrected chi connectivity index (χ2v) is 7.12. The molecule has 0 radical (unpaired) electrons. The van der Waals surface area contributed by atoms with Crippen LogP contribution in [0.15, 0.2) is 0 Å². The van der Waals surface area contributed by atoms with Gasteiger partial charge in [0.2, 0.25) is 5.95 Å². The Kier molecular flexibility index (Phi) is 4.64. The smallest absolute Gasteiger partial charge is 0.225 e. The number of hydrogen-bond acceptors (Lipinski definition) is 4. The zero-order valence-corrected chi connectivity index (χ0v) is 14.0. The Bertz CT molecular complexity index is 506. The van der Waals surface area contributed by atoms with Gasteiger partial charge < -0.3 is 9.80 Å². The summed E-state index contributed by atoms with van der Waals surface area (Å²) in [4.78, 5) is 5.04. The third-order valence-electron chi connectivity index (χ3n) is 4.81. The van der Waals surface area contributed by atoms with Crippen LogP contribution in [0.5, 0.6) is 0 Å². The molecule has 2 fully saturated rings. The number of anilines is 1. The summed E-state index contributed by atoms with van der Waals surface area (Å²) in [6.07, 6.45) is 5.33. The molecule has 6 heteroatoms. The van der Waals surface area contributed by atoms with Crippen molar-refractivity contribution >= 4 is 18.2 Å². The minimum Gasteiger partial charge on any atom is -0.341 e. The zero-order valence-electron chi connectivity index (χ0n) is 13.2. The highest BCUT2D eigenvalue weighted by molar-refractivity contribution is 7.71. The Labute approximate surface area is 132 Å².